The second-order valence-corrected chi connectivity index (χ2v) is 4.68. The van der Waals surface area contributed by atoms with Gasteiger partial charge in [0.2, 0.25) is 0 Å². The summed E-state index contributed by atoms with van der Waals surface area (Å²) in [6.07, 6.45) is 1.07. The van der Waals surface area contributed by atoms with Crippen molar-refractivity contribution in [3.05, 3.63) is 29.8 Å². The Hall–Kier alpha value is -1.59. The molecule has 19 heavy (non-hydrogen) atoms. The van der Waals surface area contributed by atoms with Crippen LogP contribution in [0.15, 0.2) is 24.3 Å². The summed E-state index contributed by atoms with van der Waals surface area (Å²) in [6.45, 7) is 3.05. The van der Waals surface area contributed by atoms with Gasteiger partial charge in [-0.05, 0) is 37.7 Å². The molecule has 5 heteroatoms. The van der Waals surface area contributed by atoms with Crippen molar-refractivity contribution in [3.63, 3.8) is 0 Å². The summed E-state index contributed by atoms with van der Waals surface area (Å²) in [4.78, 5) is 12.9. The van der Waals surface area contributed by atoms with Crippen molar-refractivity contribution < 1.29 is 19.4 Å². The predicted octanol–water partition coefficient (Wildman–Crippen LogP) is 1.48. The highest BCUT2D eigenvalue weighted by Gasteiger charge is 2.19. The van der Waals surface area contributed by atoms with Crippen LogP contribution in [0, 0.1) is 0 Å². The van der Waals surface area contributed by atoms with E-state index in [0.717, 1.165) is 26.2 Å². The maximum Gasteiger partial charge on any atom is 0.335 e. The smallest absolute Gasteiger partial charge is 0.335 e. The van der Waals surface area contributed by atoms with Gasteiger partial charge in [0.1, 0.15) is 12.4 Å². The Morgan fingerprint density at radius 2 is 2.21 bits per heavy atom. The number of carboxylic acid groups (broad SMARTS) is 1. The SMILES string of the molecule is CN(CCOc1ccc(C(=O)O)cc1)C1CCOC1. The van der Waals surface area contributed by atoms with Gasteiger partial charge < -0.3 is 14.6 Å². The molecule has 1 aliphatic rings. The lowest BCUT2D eigenvalue weighted by atomic mass is 10.2. The quantitative estimate of drug-likeness (QED) is 0.844. The zero-order valence-corrected chi connectivity index (χ0v) is 11.0. The molecule has 1 aliphatic heterocycles. The number of hydrogen-bond donors (Lipinski definition) is 1. The zero-order valence-electron chi connectivity index (χ0n) is 11.0. The lowest BCUT2D eigenvalue weighted by Crippen LogP contribution is -2.35. The second-order valence-electron chi connectivity index (χ2n) is 4.68. The highest BCUT2D eigenvalue weighted by molar-refractivity contribution is 5.87. The highest BCUT2D eigenvalue weighted by atomic mass is 16.5. The minimum Gasteiger partial charge on any atom is -0.492 e. The molecule has 104 valence electrons. The van der Waals surface area contributed by atoms with Gasteiger partial charge in [-0.1, -0.05) is 0 Å². The van der Waals surface area contributed by atoms with Crippen molar-refractivity contribution in [3.8, 4) is 5.75 Å². The third-order valence-electron chi connectivity index (χ3n) is 3.34. The predicted molar refractivity (Wildman–Crippen MR) is 70.8 cm³/mol. The first-order valence-corrected chi connectivity index (χ1v) is 6.41. The molecule has 1 heterocycles. The monoisotopic (exact) mass is 265 g/mol. The van der Waals surface area contributed by atoms with Gasteiger partial charge in [-0.3, -0.25) is 4.90 Å². The van der Waals surface area contributed by atoms with Crippen LogP contribution < -0.4 is 4.74 Å². The zero-order chi connectivity index (χ0) is 13.7. The maximum absolute atomic E-state index is 10.7. The van der Waals surface area contributed by atoms with Crippen molar-refractivity contribution in [2.75, 3.05) is 33.4 Å². The Kier molecular flexibility index (Phi) is 4.76. The van der Waals surface area contributed by atoms with E-state index in [0.29, 0.717) is 18.4 Å². The Morgan fingerprint density at radius 3 is 2.79 bits per heavy atom. The van der Waals surface area contributed by atoms with Crippen LogP contribution in [0.4, 0.5) is 0 Å². The van der Waals surface area contributed by atoms with Crippen molar-refractivity contribution in [2.24, 2.45) is 0 Å². The van der Waals surface area contributed by atoms with E-state index in [9.17, 15) is 4.79 Å². The molecule has 1 atom stereocenters. The van der Waals surface area contributed by atoms with Gasteiger partial charge in [0.15, 0.2) is 0 Å². The van der Waals surface area contributed by atoms with Gasteiger partial charge >= 0.3 is 5.97 Å². The minimum absolute atomic E-state index is 0.271. The number of hydrogen-bond acceptors (Lipinski definition) is 4. The Balaban J connectivity index is 1.74. The first-order valence-electron chi connectivity index (χ1n) is 6.41. The van der Waals surface area contributed by atoms with Crippen molar-refractivity contribution in [1.29, 1.82) is 0 Å². The van der Waals surface area contributed by atoms with E-state index in [1.54, 1.807) is 24.3 Å². The summed E-state index contributed by atoms with van der Waals surface area (Å²) >= 11 is 0. The number of benzene rings is 1. The first-order chi connectivity index (χ1) is 9.16. The molecule has 0 spiro atoms. The molecule has 0 aromatic heterocycles. The van der Waals surface area contributed by atoms with Crippen LogP contribution in [0.2, 0.25) is 0 Å². The van der Waals surface area contributed by atoms with Crippen LogP contribution in [-0.2, 0) is 4.74 Å². The molecule has 0 bridgehead atoms. The largest absolute Gasteiger partial charge is 0.492 e. The van der Waals surface area contributed by atoms with Crippen LogP contribution in [0.1, 0.15) is 16.8 Å². The molecule has 0 amide bonds. The van der Waals surface area contributed by atoms with Gasteiger partial charge in [0, 0.05) is 19.2 Å². The van der Waals surface area contributed by atoms with E-state index in [-0.39, 0.29) is 5.56 Å². The minimum atomic E-state index is -0.924. The third-order valence-corrected chi connectivity index (χ3v) is 3.34. The van der Waals surface area contributed by atoms with Gasteiger partial charge in [0.05, 0.1) is 12.2 Å². The molecule has 5 nitrogen and oxygen atoms in total. The summed E-state index contributed by atoms with van der Waals surface area (Å²) < 4.78 is 10.9. The number of rotatable bonds is 6. The van der Waals surface area contributed by atoms with Crippen LogP contribution in [0.25, 0.3) is 0 Å². The highest BCUT2D eigenvalue weighted by Crippen LogP contribution is 2.13. The molecular weight excluding hydrogens is 246 g/mol. The molecule has 2 rings (SSSR count). The number of likely N-dealkylation sites (N-methyl/N-ethyl adjacent to an activating group) is 1. The fourth-order valence-electron chi connectivity index (χ4n) is 2.05. The topological polar surface area (TPSA) is 59.0 Å². The number of ether oxygens (including phenoxy) is 2. The average molecular weight is 265 g/mol. The lowest BCUT2D eigenvalue weighted by Gasteiger charge is -2.22. The molecule has 1 aromatic carbocycles. The summed E-state index contributed by atoms with van der Waals surface area (Å²) in [7, 11) is 2.07. The average Bonchev–Trinajstić information content (AvgIpc) is 2.93. The van der Waals surface area contributed by atoms with E-state index in [1.165, 1.54) is 0 Å². The summed E-state index contributed by atoms with van der Waals surface area (Å²) in [5.74, 6) is -0.228. The van der Waals surface area contributed by atoms with Gasteiger partial charge in [-0.15, -0.1) is 0 Å². The molecule has 1 N–H and O–H groups in total. The van der Waals surface area contributed by atoms with E-state index in [2.05, 4.69) is 11.9 Å². The molecule has 1 saturated heterocycles. The normalized spacial score (nSPS) is 18.7. The van der Waals surface area contributed by atoms with Gasteiger partial charge in [-0.25, -0.2) is 4.79 Å². The van der Waals surface area contributed by atoms with E-state index in [4.69, 9.17) is 14.6 Å². The Labute approximate surface area is 112 Å². The molecular formula is C14H19NO4. The molecule has 0 radical (unpaired) electrons. The number of aromatic carboxylic acids is 1. The molecule has 1 fully saturated rings. The van der Waals surface area contributed by atoms with Crippen molar-refractivity contribution >= 4 is 5.97 Å². The van der Waals surface area contributed by atoms with Gasteiger partial charge in [0.25, 0.3) is 0 Å². The van der Waals surface area contributed by atoms with Crippen molar-refractivity contribution in [1.82, 2.24) is 4.90 Å². The van der Waals surface area contributed by atoms with E-state index in [1.807, 2.05) is 0 Å². The van der Waals surface area contributed by atoms with Crippen molar-refractivity contribution in [2.45, 2.75) is 12.5 Å². The number of carboxylic acids is 1. The number of nitrogens with zero attached hydrogens (tertiary/aromatic N) is 1. The lowest BCUT2D eigenvalue weighted by molar-refractivity contribution is 0.0697. The molecule has 1 aromatic rings. The van der Waals surface area contributed by atoms with Gasteiger partial charge in [-0.2, -0.15) is 0 Å². The standard InChI is InChI=1S/C14H19NO4/c1-15(12-6-8-18-10-12)7-9-19-13-4-2-11(3-5-13)14(16)17/h2-5,12H,6-10H2,1H3,(H,16,17). The fourth-order valence-corrected chi connectivity index (χ4v) is 2.05. The van der Waals surface area contributed by atoms with Crippen LogP contribution in [-0.4, -0.2) is 55.4 Å². The fraction of sp³-hybridized carbons (Fsp3) is 0.500. The number of carbonyl (C=O) groups is 1. The van der Waals surface area contributed by atoms with Crippen LogP contribution in [0.5, 0.6) is 5.75 Å². The summed E-state index contributed by atoms with van der Waals surface area (Å²) in [5.41, 5.74) is 0.271. The Morgan fingerprint density at radius 1 is 1.47 bits per heavy atom. The maximum atomic E-state index is 10.7. The van der Waals surface area contributed by atoms with E-state index < -0.39 is 5.97 Å². The van der Waals surface area contributed by atoms with E-state index >= 15 is 0 Å². The molecule has 0 saturated carbocycles. The van der Waals surface area contributed by atoms with Crippen LogP contribution in [0.3, 0.4) is 0 Å². The first kappa shape index (κ1) is 13.8. The van der Waals surface area contributed by atoms with Crippen LogP contribution >= 0.6 is 0 Å². The second kappa shape index (κ2) is 6.54. The summed E-state index contributed by atoms with van der Waals surface area (Å²) in [5, 5.41) is 8.79. The summed E-state index contributed by atoms with van der Waals surface area (Å²) in [6, 6.07) is 6.95. The Bertz CT molecular complexity index is 412. The molecule has 1 unspecified atom stereocenters. The molecule has 0 aliphatic carbocycles. The third kappa shape index (κ3) is 3.94.